The van der Waals surface area contributed by atoms with Crippen LogP contribution in [0.1, 0.15) is 18.9 Å². The second-order valence-corrected chi connectivity index (χ2v) is 5.47. The number of carbonyl (C=O) groups is 1. The Morgan fingerprint density at radius 2 is 1.95 bits per heavy atom. The first-order valence-corrected chi connectivity index (χ1v) is 7.32. The molecule has 0 radical (unpaired) electrons. The summed E-state index contributed by atoms with van der Waals surface area (Å²) in [7, 11) is -5.70. The Bertz CT molecular complexity index is 595. The van der Waals surface area contributed by atoms with E-state index in [1.54, 1.807) is 6.92 Å². The van der Waals surface area contributed by atoms with Crippen molar-refractivity contribution >= 4 is 16.1 Å². The molecule has 0 saturated heterocycles. The van der Waals surface area contributed by atoms with Crippen molar-refractivity contribution in [2.45, 2.75) is 25.3 Å². The standard InChI is InChI=1S/C12H13F3O5S/c1-2-19-11(16)7-6-9-4-3-5-10(8-9)20-21(17,18)12(13,14)15/h3-5,8H,2,6-7H2,1H3. The molecule has 0 spiro atoms. The Kier molecular flexibility index (Phi) is 5.59. The summed E-state index contributed by atoms with van der Waals surface area (Å²) in [4.78, 5) is 11.2. The summed E-state index contributed by atoms with van der Waals surface area (Å²) >= 11 is 0. The molecule has 0 N–H and O–H groups in total. The highest BCUT2D eigenvalue weighted by Gasteiger charge is 2.48. The molecular formula is C12H13F3O5S. The number of carbonyl (C=O) groups excluding carboxylic acids is 1. The van der Waals surface area contributed by atoms with Crippen LogP contribution in [0.4, 0.5) is 13.2 Å². The molecule has 0 heterocycles. The molecule has 0 bridgehead atoms. The Labute approximate surface area is 119 Å². The van der Waals surface area contributed by atoms with Crippen molar-refractivity contribution in [3.63, 3.8) is 0 Å². The van der Waals surface area contributed by atoms with Gasteiger partial charge in [0, 0.05) is 6.42 Å². The number of hydrogen-bond donors (Lipinski definition) is 0. The number of alkyl halides is 3. The SMILES string of the molecule is CCOC(=O)CCc1cccc(OS(=O)(=O)C(F)(F)F)c1. The van der Waals surface area contributed by atoms with Crippen LogP contribution in [0.15, 0.2) is 24.3 Å². The van der Waals surface area contributed by atoms with Gasteiger partial charge >= 0.3 is 21.6 Å². The van der Waals surface area contributed by atoms with Crippen LogP contribution in [0.25, 0.3) is 0 Å². The van der Waals surface area contributed by atoms with Gasteiger partial charge in [0.05, 0.1) is 6.61 Å². The van der Waals surface area contributed by atoms with Crippen molar-refractivity contribution in [2.75, 3.05) is 6.61 Å². The van der Waals surface area contributed by atoms with Crippen LogP contribution < -0.4 is 4.18 Å². The summed E-state index contributed by atoms with van der Waals surface area (Å²) in [5, 5.41) is 0. The lowest BCUT2D eigenvalue weighted by atomic mass is 10.1. The molecule has 21 heavy (non-hydrogen) atoms. The van der Waals surface area contributed by atoms with Crippen molar-refractivity contribution in [3.05, 3.63) is 29.8 Å². The van der Waals surface area contributed by atoms with Gasteiger partial charge in [-0.3, -0.25) is 4.79 Å². The summed E-state index contributed by atoms with van der Waals surface area (Å²) in [6.07, 6.45) is 0.228. The molecule has 0 unspecified atom stereocenters. The predicted octanol–water partition coefficient (Wildman–Crippen LogP) is 2.41. The fourth-order valence-corrected chi connectivity index (χ4v) is 1.86. The molecule has 1 aromatic rings. The van der Waals surface area contributed by atoms with Gasteiger partial charge in [-0.15, -0.1) is 0 Å². The number of hydrogen-bond acceptors (Lipinski definition) is 5. The molecule has 1 aromatic carbocycles. The number of rotatable bonds is 6. The van der Waals surface area contributed by atoms with Crippen LogP contribution in [0.3, 0.4) is 0 Å². The summed E-state index contributed by atoms with van der Waals surface area (Å²) < 4.78 is 67.0. The van der Waals surface area contributed by atoms with Crippen LogP contribution in [0.5, 0.6) is 5.75 Å². The minimum absolute atomic E-state index is 0.0311. The fourth-order valence-electron chi connectivity index (χ4n) is 1.41. The van der Waals surface area contributed by atoms with Crippen molar-refractivity contribution in [2.24, 2.45) is 0 Å². The lowest BCUT2D eigenvalue weighted by molar-refractivity contribution is -0.143. The number of halogens is 3. The Morgan fingerprint density at radius 1 is 1.29 bits per heavy atom. The van der Waals surface area contributed by atoms with E-state index >= 15 is 0 Å². The topological polar surface area (TPSA) is 69.7 Å². The Balaban J connectivity index is 2.76. The van der Waals surface area contributed by atoms with E-state index in [4.69, 9.17) is 4.74 Å². The van der Waals surface area contributed by atoms with Gasteiger partial charge in [-0.05, 0) is 31.0 Å². The van der Waals surface area contributed by atoms with Gasteiger partial charge in [0.1, 0.15) is 5.75 Å². The smallest absolute Gasteiger partial charge is 0.466 e. The molecule has 1 rings (SSSR count). The molecule has 0 atom stereocenters. The first kappa shape index (κ1) is 17.3. The van der Waals surface area contributed by atoms with Gasteiger partial charge in [0.25, 0.3) is 0 Å². The molecule has 0 aliphatic rings. The van der Waals surface area contributed by atoms with Crippen LogP contribution >= 0.6 is 0 Å². The van der Waals surface area contributed by atoms with Crippen LogP contribution in [-0.4, -0.2) is 26.5 Å². The molecule has 0 aromatic heterocycles. The number of aryl methyl sites for hydroxylation is 1. The Hall–Kier alpha value is -1.77. The highest BCUT2D eigenvalue weighted by atomic mass is 32.2. The van der Waals surface area contributed by atoms with Gasteiger partial charge in [-0.2, -0.15) is 21.6 Å². The number of benzene rings is 1. The fraction of sp³-hybridized carbons (Fsp3) is 0.417. The average Bonchev–Trinajstić information content (AvgIpc) is 2.35. The van der Waals surface area contributed by atoms with Crippen LogP contribution in [-0.2, 0) is 26.1 Å². The minimum Gasteiger partial charge on any atom is -0.466 e. The largest absolute Gasteiger partial charge is 0.534 e. The monoisotopic (exact) mass is 326 g/mol. The molecule has 0 aliphatic carbocycles. The van der Waals surface area contributed by atoms with Crippen molar-refractivity contribution < 1.29 is 35.3 Å². The average molecular weight is 326 g/mol. The van der Waals surface area contributed by atoms with E-state index < -0.39 is 27.3 Å². The summed E-state index contributed by atoms with van der Waals surface area (Å²) in [6, 6.07) is 5.08. The normalized spacial score (nSPS) is 12.0. The number of ether oxygens (including phenoxy) is 1. The van der Waals surface area contributed by atoms with E-state index in [-0.39, 0.29) is 19.4 Å². The number of esters is 1. The molecule has 0 amide bonds. The second kappa shape index (κ2) is 6.79. The van der Waals surface area contributed by atoms with E-state index in [0.29, 0.717) is 5.56 Å². The van der Waals surface area contributed by atoms with Gasteiger partial charge in [-0.25, -0.2) is 0 Å². The first-order valence-electron chi connectivity index (χ1n) is 5.91. The van der Waals surface area contributed by atoms with E-state index in [9.17, 15) is 26.4 Å². The van der Waals surface area contributed by atoms with Crippen molar-refractivity contribution in [3.8, 4) is 5.75 Å². The predicted molar refractivity (Wildman–Crippen MR) is 67.0 cm³/mol. The maximum absolute atomic E-state index is 12.2. The quantitative estimate of drug-likeness (QED) is 0.456. The molecule has 0 fully saturated rings. The summed E-state index contributed by atoms with van der Waals surface area (Å²) in [6.45, 7) is 1.88. The van der Waals surface area contributed by atoms with E-state index in [1.807, 2.05) is 0 Å². The maximum atomic E-state index is 12.2. The first-order chi connectivity index (χ1) is 9.65. The molecule has 9 heteroatoms. The van der Waals surface area contributed by atoms with Crippen LogP contribution in [0, 0.1) is 0 Å². The van der Waals surface area contributed by atoms with E-state index in [2.05, 4.69) is 4.18 Å². The second-order valence-electron chi connectivity index (χ2n) is 3.94. The third-order valence-electron chi connectivity index (χ3n) is 2.31. The molecule has 0 aliphatic heterocycles. The van der Waals surface area contributed by atoms with Crippen molar-refractivity contribution in [1.82, 2.24) is 0 Å². The van der Waals surface area contributed by atoms with Gasteiger partial charge < -0.3 is 8.92 Å². The molecule has 0 saturated carbocycles. The lowest BCUT2D eigenvalue weighted by Crippen LogP contribution is -2.28. The highest BCUT2D eigenvalue weighted by molar-refractivity contribution is 7.87. The summed E-state index contributed by atoms with van der Waals surface area (Å²) in [5.41, 5.74) is -5.04. The lowest BCUT2D eigenvalue weighted by Gasteiger charge is -2.10. The maximum Gasteiger partial charge on any atom is 0.534 e. The third kappa shape index (κ3) is 5.25. The Morgan fingerprint density at radius 3 is 2.52 bits per heavy atom. The minimum atomic E-state index is -5.70. The highest BCUT2D eigenvalue weighted by Crippen LogP contribution is 2.27. The van der Waals surface area contributed by atoms with E-state index in [1.165, 1.54) is 12.1 Å². The molecular weight excluding hydrogens is 313 g/mol. The van der Waals surface area contributed by atoms with Crippen LogP contribution in [0.2, 0.25) is 0 Å². The van der Waals surface area contributed by atoms with Gasteiger partial charge in [-0.1, -0.05) is 12.1 Å². The zero-order chi connectivity index (χ0) is 16.1. The van der Waals surface area contributed by atoms with Crippen molar-refractivity contribution in [1.29, 1.82) is 0 Å². The summed E-state index contributed by atoms with van der Waals surface area (Å²) in [5.74, 6) is -0.916. The van der Waals surface area contributed by atoms with Gasteiger partial charge in [0.15, 0.2) is 0 Å². The van der Waals surface area contributed by atoms with E-state index in [0.717, 1.165) is 12.1 Å². The van der Waals surface area contributed by atoms with Gasteiger partial charge in [0.2, 0.25) is 0 Å². The molecule has 5 nitrogen and oxygen atoms in total. The molecule has 118 valence electrons. The zero-order valence-electron chi connectivity index (χ0n) is 11.0. The zero-order valence-corrected chi connectivity index (χ0v) is 11.8. The third-order valence-corrected chi connectivity index (χ3v) is 3.29.